The van der Waals surface area contributed by atoms with E-state index >= 15 is 0 Å². The van der Waals surface area contributed by atoms with Crippen molar-refractivity contribution in [3.05, 3.63) is 34.1 Å². The largest absolute Gasteiger partial charge is 0.465 e. The van der Waals surface area contributed by atoms with E-state index in [9.17, 15) is 4.79 Å². The second kappa shape index (κ2) is 6.15. The number of esters is 1. The van der Waals surface area contributed by atoms with Gasteiger partial charge in [0.1, 0.15) is 10.6 Å². The molecular weight excluding hydrogens is 278 g/mol. The molecule has 2 aromatic heterocycles. The van der Waals surface area contributed by atoms with E-state index in [1.807, 2.05) is 5.38 Å². The van der Waals surface area contributed by atoms with E-state index in [4.69, 9.17) is 4.52 Å². The maximum atomic E-state index is 11.6. The number of carbonyl (C=O) groups excluding carboxylic acids is 1. The number of ether oxygens (including phenoxy) is 1. The molecule has 1 N–H and O–H groups in total. The molecule has 0 aliphatic rings. The first kappa shape index (κ1) is 14.7. The summed E-state index contributed by atoms with van der Waals surface area (Å²) >= 11 is 1.60. The van der Waals surface area contributed by atoms with Gasteiger partial charge in [-0.1, -0.05) is 12.1 Å². The third-order valence-electron chi connectivity index (χ3n) is 3.30. The van der Waals surface area contributed by atoms with Gasteiger partial charge in [0.05, 0.1) is 25.4 Å². The van der Waals surface area contributed by atoms with Gasteiger partial charge in [-0.15, -0.1) is 11.3 Å². The highest BCUT2D eigenvalue weighted by molar-refractivity contribution is 7.09. The molecule has 20 heavy (non-hydrogen) atoms. The Labute approximate surface area is 121 Å². The van der Waals surface area contributed by atoms with Crippen molar-refractivity contribution in [2.45, 2.75) is 32.4 Å². The summed E-state index contributed by atoms with van der Waals surface area (Å²) in [7, 11) is 1.33. The Hall–Kier alpha value is -1.73. The quantitative estimate of drug-likeness (QED) is 0.824. The topological polar surface area (TPSA) is 77.2 Å². The zero-order valence-electron chi connectivity index (χ0n) is 11.7. The summed E-state index contributed by atoms with van der Waals surface area (Å²) < 4.78 is 9.80. The molecule has 2 aromatic rings. The fraction of sp³-hybridized carbons (Fsp3) is 0.462. The second-order valence-electron chi connectivity index (χ2n) is 4.53. The average Bonchev–Trinajstić information content (AvgIpc) is 3.14. The van der Waals surface area contributed by atoms with E-state index in [1.54, 1.807) is 17.5 Å². The number of methoxy groups -OCH3 is 1. The van der Waals surface area contributed by atoms with Crippen LogP contribution in [0.15, 0.2) is 22.3 Å². The van der Waals surface area contributed by atoms with E-state index in [1.165, 1.54) is 13.3 Å². The zero-order chi connectivity index (χ0) is 14.6. The van der Waals surface area contributed by atoms with Crippen LogP contribution in [0.5, 0.6) is 0 Å². The number of hydrogen-bond donors (Lipinski definition) is 1. The minimum absolute atomic E-state index is 0.269. The molecule has 108 valence electrons. The molecule has 0 radical (unpaired) electrons. The van der Waals surface area contributed by atoms with Gasteiger partial charge in [0.25, 0.3) is 0 Å². The molecule has 0 aliphatic heterocycles. The Morgan fingerprint density at radius 1 is 1.60 bits per heavy atom. The molecule has 0 aliphatic carbocycles. The van der Waals surface area contributed by atoms with Gasteiger partial charge in [0.2, 0.25) is 0 Å². The lowest BCUT2D eigenvalue weighted by molar-refractivity contribution is 0.0597. The first-order valence-electron chi connectivity index (χ1n) is 6.27. The van der Waals surface area contributed by atoms with Crippen LogP contribution in [-0.2, 0) is 16.8 Å². The number of nitrogens with zero attached hydrogens (tertiary/aromatic N) is 2. The standard InChI is InChI=1S/C13H17N3O3S/c1-4-13(2,12-14-5-6-20-12)15-8-10-9(7-16-19-10)11(17)18-3/h5-7,15H,4,8H2,1-3H3/t13-/m0/s1. The van der Waals surface area contributed by atoms with Crippen LogP contribution >= 0.6 is 11.3 Å². The fourth-order valence-electron chi connectivity index (χ4n) is 1.79. The third-order valence-corrected chi connectivity index (χ3v) is 4.34. The molecule has 0 aromatic carbocycles. The second-order valence-corrected chi connectivity index (χ2v) is 5.43. The lowest BCUT2D eigenvalue weighted by atomic mass is 9.99. The van der Waals surface area contributed by atoms with Gasteiger partial charge < -0.3 is 9.26 Å². The Bertz CT molecular complexity index is 567. The molecule has 0 fully saturated rings. The van der Waals surface area contributed by atoms with Gasteiger partial charge >= 0.3 is 5.97 Å². The highest BCUT2D eigenvalue weighted by atomic mass is 32.1. The normalized spacial score (nSPS) is 13.9. The molecule has 0 amide bonds. The summed E-state index contributed by atoms with van der Waals surface area (Å²) in [6.45, 7) is 4.53. The number of hydrogen-bond acceptors (Lipinski definition) is 7. The molecule has 0 saturated heterocycles. The van der Waals surface area contributed by atoms with E-state index in [0.29, 0.717) is 17.9 Å². The molecule has 7 heteroatoms. The summed E-state index contributed by atoms with van der Waals surface area (Å²) in [6.07, 6.45) is 4.02. The Morgan fingerprint density at radius 3 is 3.00 bits per heavy atom. The van der Waals surface area contributed by atoms with Crippen molar-refractivity contribution in [2.75, 3.05) is 7.11 Å². The molecule has 0 saturated carbocycles. The molecule has 1 atom stereocenters. The van der Waals surface area contributed by atoms with Crippen molar-refractivity contribution in [1.82, 2.24) is 15.5 Å². The highest BCUT2D eigenvalue weighted by Crippen LogP contribution is 2.27. The summed E-state index contributed by atoms with van der Waals surface area (Å²) in [5.74, 6) is 0.0172. The Kier molecular flexibility index (Phi) is 4.51. The molecule has 2 rings (SSSR count). The number of thiazole rings is 1. The van der Waals surface area contributed by atoms with Crippen molar-refractivity contribution >= 4 is 17.3 Å². The van der Waals surface area contributed by atoms with Gasteiger partial charge in [-0.05, 0) is 13.3 Å². The monoisotopic (exact) mass is 295 g/mol. The maximum Gasteiger partial charge on any atom is 0.343 e. The van der Waals surface area contributed by atoms with Crippen molar-refractivity contribution in [2.24, 2.45) is 0 Å². The maximum absolute atomic E-state index is 11.6. The van der Waals surface area contributed by atoms with Crippen LogP contribution in [0.25, 0.3) is 0 Å². The van der Waals surface area contributed by atoms with Crippen LogP contribution < -0.4 is 5.32 Å². The zero-order valence-corrected chi connectivity index (χ0v) is 12.5. The van der Waals surface area contributed by atoms with Crippen molar-refractivity contribution in [1.29, 1.82) is 0 Å². The summed E-state index contributed by atoms with van der Waals surface area (Å²) in [5.41, 5.74) is 0.0755. The van der Waals surface area contributed by atoms with Crippen LogP contribution in [0.4, 0.5) is 0 Å². The molecular formula is C13H17N3O3S. The van der Waals surface area contributed by atoms with Crippen LogP contribution in [0.1, 0.15) is 41.4 Å². The first-order valence-corrected chi connectivity index (χ1v) is 7.15. The smallest absolute Gasteiger partial charge is 0.343 e. The van der Waals surface area contributed by atoms with Crippen molar-refractivity contribution in [3.63, 3.8) is 0 Å². The SMILES string of the molecule is CC[C@](C)(NCc1oncc1C(=O)OC)c1nccs1. The van der Waals surface area contributed by atoms with E-state index in [-0.39, 0.29) is 5.54 Å². The summed E-state index contributed by atoms with van der Waals surface area (Å²) in [5, 5.41) is 9.97. The first-order chi connectivity index (χ1) is 9.60. The predicted octanol–water partition coefficient (Wildman–Crippen LogP) is 2.33. The van der Waals surface area contributed by atoms with Crippen LogP contribution in [0.2, 0.25) is 0 Å². The minimum Gasteiger partial charge on any atom is -0.465 e. The fourth-order valence-corrected chi connectivity index (χ4v) is 2.64. The lowest BCUT2D eigenvalue weighted by Gasteiger charge is -2.27. The van der Waals surface area contributed by atoms with Crippen molar-refractivity contribution < 1.29 is 14.1 Å². The van der Waals surface area contributed by atoms with Crippen LogP contribution in [-0.4, -0.2) is 23.2 Å². The predicted molar refractivity (Wildman–Crippen MR) is 74.4 cm³/mol. The Morgan fingerprint density at radius 2 is 2.40 bits per heavy atom. The van der Waals surface area contributed by atoms with Crippen LogP contribution in [0.3, 0.4) is 0 Å². The van der Waals surface area contributed by atoms with Crippen molar-refractivity contribution in [3.8, 4) is 0 Å². The van der Waals surface area contributed by atoms with Crippen LogP contribution in [0, 0.1) is 0 Å². The van der Waals surface area contributed by atoms with E-state index < -0.39 is 5.97 Å². The molecule has 0 unspecified atom stereocenters. The van der Waals surface area contributed by atoms with Gasteiger partial charge in [0, 0.05) is 11.6 Å². The molecule has 0 spiro atoms. The third kappa shape index (κ3) is 2.88. The average molecular weight is 295 g/mol. The van der Waals surface area contributed by atoms with Gasteiger partial charge in [0.15, 0.2) is 5.76 Å². The number of aromatic nitrogens is 2. The Balaban J connectivity index is 2.12. The molecule has 0 bridgehead atoms. The highest BCUT2D eigenvalue weighted by Gasteiger charge is 2.28. The molecule has 2 heterocycles. The minimum atomic E-state index is -0.449. The lowest BCUT2D eigenvalue weighted by Crippen LogP contribution is -2.38. The van der Waals surface area contributed by atoms with E-state index in [2.05, 4.69) is 34.0 Å². The molecule has 6 nitrogen and oxygen atoms in total. The summed E-state index contributed by atoms with van der Waals surface area (Å²) in [4.78, 5) is 15.9. The van der Waals surface area contributed by atoms with E-state index in [0.717, 1.165) is 11.4 Å². The number of rotatable bonds is 6. The number of carbonyl (C=O) groups is 1. The van der Waals surface area contributed by atoms with Gasteiger partial charge in [-0.25, -0.2) is 9.78 Å². The number of nitrogens with one attached hydrogen (secondary N) is 1. The van der Waals surface area contributed by atoms with Gasteiger partial charge in [-0.3, -0.25) is 5.32 Å². The summed E-state index contributed by atoms with van der Waals surface area (Å²) in [6, 6.07) is 0. The van der Waals surface area contributed by atoms with Gasteiger partial charge in [-0.2, -0.15) is 0 Å².